The maximum Gasteiger partial charge on any atom is 0.337 e. The zero-order valence-corrected chi connectivity index (χ0v) is 15.4. The van der Waals surface area contributed by atoms with Crippen molar-refractivity contribution in [2.75, 3.05) is 20.8 Å². The molecule has 0 saturated heterocycles. The fourth-order valence-electron chi connectivity index (χ4n) is 3.34. The Kier molecular flexibility index (Phi) is 5.59. The molecule has 142 valence electrons. The summed E-state index contributed by atoms with van der Waals surface area (Å²) in [6.07, 6.45) is 4.51. The Labute approximate surface area is 157 Å². The first-order valence-corrected chi connectivity index (χ1v) is 8.71. The molecule has 3 rings (SSSR count). The highest BCUT2D eigenvalue weighted by Crippen LogP contribution is 2.28. The van der Waals surface area contributed by atoms with Crippen molar-refractivity contribution in [1.29, 1.82) is 0 Å². The van der Waals surface area contributed by atoms with Crippen molar-refractivity contribution in [3.63, 3.8) is 0 Å². The number of carbonyl (C=O) groups excluding carboxylic acids is 1. The van der Waals surface area contributed by atoms with E-state index in [0.29, 0.717) is 43.9 Å². The number of nitrogens with zero attached hydrogens (tertiary/aromatic N) is 2. The minimum Gasteiger partial charge on any atom is -0.493 e. The van der Waals surface area contributed by atoms with Gasteiger partial charge in [0.05, 0.1) is 19.8 Å². The molecular formula is C20H22N2O5. The Morgan fingerprint density at radius 3 is 2.67 bits per heavy atom. The van der Waals surface area contributed by atoms with Gasteiger partial charge in [-0.05, 0) is 41.7 Å². The summed E-state index contributed by atoms with van der Waals surface area (Å²) < 4.78 is 10.5. The van der Waals surface area contributed by atoms with Crippen LogP contribution in [-0.2, 0) is 24.2 Å². The van der Waals surface area contributed by atoms with Crippen LogP contribution >= 0.6 is 0 Å². The minimum atomic E-state index is -0.979. The third-order valence-corrected chi connectivity index (χ3v) is 4.80. The zero-order valence-electron chi connectivity index (χ0n) is 15.4. The number of carboxylic acid groups (broad SMARTS) is 1. The lowest BCUT2D eigenvalue weighted by Gasteiger charge is -2.29. The molecule has 7 heteroatoms. The topological polar surface area (TPSA) is 89.0 Å². The number of aromatic nitrogens is 1. The van der Waals surface area contributed by atoms with Gasteiger partial charge >= 0.3 is 5.97 Å². The van der Waals surface area contributed by atoms with Crippen molar-refractivity contribution >= 4 is 11.9 Å². The van der Waals surface area contributed by atoms with Gasteiger partial charge in [-0.25, -0.2) is 4.79 Å². The standard InChI is InChI=1S/C20H22N2O5/c1-26-17-5-3-13(9-18(17)27-2)4-6-19(23)22-8-7-15-14(12-22)10-21-11-16(15)20(24)25/h3,5,9-11H,4,6-8,12H2,1-2H3,(H,24,25). The van der Waals surface area contributed by atoms with Crippen LogP contribution < -0.4 is 9.47 Å². The molecular weight excluding hydrogens is 348 g/mol. The summed E-state index contributed by atoms with van der Waals surface area (Å²) in [7, 11) is 3.16. The summed E-state index contributed by atoms with van der Waals surface area (Å²) in [5, 5.41) is 9.27. The number of benzene rings is 1. The number of pyridine rings is 1. The van der Waals surface area contributed by atoms with Gasteiger partial charge in [0, 0.05) is 31.9 Å². The van der Waals surface area contributed by atoms with Crippen LogP contribution in [0, 0.1) is 0 Å². The molecule has 0 bridgehead atoms. The predicted octanol–water partition coefficient (Wildman–Crippen LogP) is 2.31. The van der Waals surface area contributed by atoms with E-state index in [-0.39, 0.29) is 11.5 Å². The van der Waals surface area contributed by atoms with Crippen molar-refractivity contribution in [3.05, 3.63) is 52.8 Å². The lowest BCUT2D eigenvalue weighted by molar-refractivity contribution is -0.132. The number of carbonyl (C=O) groups is 2. The fourth-order valence-corrected chi connectivity index (χ4v) is 3.34. The third kappa shape index (κ3) is 4.02. The van der Waals surface area contributed by atoms with Crippen LogP contribution in [0.3, 0.4) is 0 Å². The van der Waals surface area contributed by atoms with Crippen molar-refractivity contribution in [3.8, 4) is 11.5 Å². The number of aryl methyl sites for hydroxylation is 1. The molecule has 0 saturated carbocycles. The number of methoxy groups -OCH3 is 2. The first-order valence-electron chi connectivity index (χ1n) is 8.71. The molecule has 7 nitrogen and oxygen atoms in total. The van der Waals surface area contributed by atoms with Gasteiger partial charge in [-0.3, -0.25) is 9.78 Å². The van der Waals surface area contributed by atoms with Gasteiger partial charge < -0.3 is 19.5 Å². The Bertz CT molecular complexity index is 865. The Hall–Kier alpha value is -3.09. The van der Waals surface area contributed by atoms with Crippen molar-refractivity contribution in [2.45, 2.75) is 25.8 Å². The molecule has 1 aromatic carbocycles. The van der Waals surface area contributed by atoms with Gasteiger partial charge in [0.1, 0.15) is 0 Å². The van der Waals surface area contributed by atoms with Crippen molar-refractivity contribution in [1.82, 2.24) is 9.88 Å². The molecule has 0 spiro atoms. The van der Waals surface area contributed by atoms with E-state index >= 15 is 0 Å². The van der Waals surface area contributed by atoms with Crippen molar-refractivity contribution in [2.24, 2.45) is 0 Å². The van der Waals surface area contributed by atoms with Crippen LogP contribution in [0.4, 0.5) is 0 Å². The van der Waals surface area contributed by atoms with Crippen LogP contribution in [0.15, 0.2) is 30.6 Å². The summed E-state index contributed by atoms with van der Waals surface area (Å²) >= 11 is 0. The summed E-state index contributed by atoms with van der Waals surface area (Å²) in [4.78, 5) is 29.7. The average Bonchev–Trinajstić information content (AvgIpc) is 2.70. The number of amides is 1. The lowest BCUT2D eigenvalue weighted by atomic mass is 9.96. The summed E-state index contributed by atoms with van der Waals surface area (Å²) in [6, 6.07) is 5.62. The molecule has 1 aliphatic rings. The van der Waals surface area contributed by atoms with Crippen LogP contribution in [0.25, 0.3) is 0 Å². The fraction of sp³-hybridized carbons (Fsp3) is 0.350. The SMILES string of the molecule is COc1ccc(CCC(=O)N2CCc3c(cncc3C(=O)O)C2)cc1OC. The highest BCUT2D eigenvalue weighted by Gasteiger charge is 2.24. The normalized spacial score (nSPS) is 13.0. The second kappa shape index (κ2) is 8.07. The number of aromatic carboxylic acids is 1. The molecule has 2 heterocycles. The largest absolute Gasteiger partial charge is 0.493 e. The summed E-state index contributed by atoms with van der Waals surface area (Å²) in [6.45, 7) is 0.913. The molecule has 0 radical (unpaired) electrons. The van der Waals surface area contributed by atoms with E-state index in [0.717, 1.165) is 16.7 Å². The third-order valence-electron chi connectivity index (χ3n) is 4.80. The lowest BCUT2D eigenvalue weighted by Crippen LogP contribution is -2.36. The van der Waals surface area contributed by atoms with E-state index in [9.17, 15) is 14.7 Å². The molecule has 1 aromatic heterocycles. The van der Waals surface area contributed by atoms with Gasteiger partial charge in [-0.2, -0.15) is 0 Å². The van der Waals surface area contributed by atoms with Crippen LogP contribution in [0.5, 0.6) is 11.5 Å². The first kappa shape index (κ1) is 18.7. The molecule has 0 fully saturated rings. The Morgan fingerprint density at radius 2 is 1.96 bits per heavy atom. The summed E-state index contributed by atoms with van der Waals surface area (Å²) in [5.74, 6) is 0.354. The molecule has 0 unspecified atom stereocenters. The molecule has 1 N–H and O–H groups in total. The molecule has 2 aromatic rings. The monoisotopic (exact) mass is 370 g/mol. The van der Waals surface area contributed by atoms with Crippen molar-refractivity contribution < 1.29 is 24.2 Å². The van der Waals surface area contributed by atoms with E-state index < -0.39 is 5.97 Å². The average molecular weight is 370 g/mol. The quantitative estimate of drug-likeness (QED) is 0.839. The number of rotatable bonds is 6. The maximum absolute atomic E-state index is 12.6. The Balaban J connectivity index is 1.64. The smallest absolute Gasteiger partial charge is 0.337 e. The van der Waals surface area contributed by atoms with E-state index in [1.54, 1.807) is 25.3 Å². The number of fused-ring (bicyclic) bond motifs is 1. The van der Waals surface area contributed by atoms with E-state index in [4.69, 9.17) is 9.47 Å². The van der Waals surface area contributed by atoms with Gasteiger partial charge in [0.2, 0.25) is 5.91 Å². The minimum absolute atomic E-state index is 0.0381. The summed E-state index contributed by atoms with van der Waals surface area (Å²) in [5.41, 5.74) is 2.81. The highest BCUT2D eigenvalue weighted by molar-refractivity contribution is 5.89. The van der Waals surface area contributed by atoms with E-state index in [1.807, 2.05) is 18.2 Å². The second-order valence-corrected chi connectivity index (χ2v) is 6.38. The number of hydrogen-bond acceptors (Lipinski definition) is 5. The van der Waals surface area contributed by atoms with Gasteiger partial charge in [-0.1, -0.05) is 6.07 Å². The predicted molar refractivity (Wildman–Crippen MR) is 98.2 cm³/mol. The molecule has 1 aliphatic heterocycles. The zero-order chi connectivity index (χ0) is 19.4. The van der Waals surface area contributed by atoms with E-state index in [1.165, 1.54) is 6.20 Å². The van der Waals surface area contributed by atoms with Crippen LogP contribution in [-0.4, -0.2) is 47.6 Å². The Morgan fingerprint density at radius 1 is 1.19 bits per heavy atom. The molecule has 27 heavy (non-hydrogen) atoms. The van der Waals surface area contributed by atoms with Crippen LogP contribution in [0.1, 0.15) is 33.5 Å². The van der Waals surface area contributed by atoms with Gasteiger partial charge in [0.25, 0.3) is 0 Å². The first-order chi connectivity index (χ1) is 13.0. The van der Waals surface area contributed by atoms with E-state index in [2.05, 4.69) is 4.98 Å². The van der Waals surface area contributed by atoms with Gasteiger partial charge in [0.15, 0.2) is 11.5 Å². The highest BCUT2D eigenvalue weighted by atomic mass is 16.5. The number of carboxylic acids is 1. The van der Waals surface area contributed by atoms with Gasteiger partial charge in [-0.15, -0.1) is 0 Å². The maximum atomic E-state index is 12.6. The number of hydrogen-bond donors (Lipinski definition) is 1. The molecule has 1 amide bonds. The molecule has 0 aliphatic carbocycles. The molecule has 0 atom stereocenters. The number of ether oxygens (including phenoxy) is 2. The van der Waals surface area contributed by atoms with Crippen LogP contribution in [0.2, 0.25) is 0 Å². The second-order valence-electron chi connectivity index (χ2n) is 6.38.